The van der Waals surface area contributed by atoms with Gasteiger partial charge in [-0.25, -0.2) is 19.3 Å². The predicted octanol–water partition coefficient (Wildman–Crippen LogP) is 0.125. The van der Waals surface area contributed by atoms with Crippen LogP contribution in [0.15, 0.2) is 17.2 Å². The van der Waals surface area contributed by atoms with E-state index in [2.05, 4.69) is 20.1 Å². The molecule has 3 N–H and O–H groups in total. The number of aromatic nitrogens is 4. The van der Waals surface area contributed by atoms with E-state index in [0.29, 0.717) is 18.2 Å². The molecule has 7 heteroatoms. The molecular weight excluding hydrogens is 244 g/mol. The molecule has 0 spiro atoms. The lowest BCUT2D eigenvalue weighted by atomic mass is 9.91. The van der Waals surface area contributed by atoms with Crippen LogP contribution in [0.3, 0.4) is 0 Å². The second-order valence-electron chi connectivity index (χ2n) is 4.92. The third-order valence-electron chi connectivity index (χ3n) is 3.71. The monoisotopic (exact) mass is 262 g/mol. The minimum atomic E-state index is -0.258. The fraction of sp³-hybridized carbons (Fsp3) is 0.583. The lowest BCUT2D eigenvalue weighted by molar-refractivity contribution is 0.382. The molecule has 2 heterocycles. The molecule has 1 aliphatic rings. The van der Waals surface area contributed by atoms with Crippen LogP contribution in [-0.2, 0) is 0 Å². The molecule has 0 amide bonds. The standard InChI is InChI=1S/C12H18N6O/c13-5-2-6-17(9-3-1-4-9)10-7-11-15-16-12(19)18(11)8-14-10/h7-9H,1-6,13H2,(H,16,19). The third-order valence-corrected chi connectivity index (χ3v) is 3.71. The van der Waals surface area contributed by atoms with E-state index in [-0.39, 0.29) is 5.69 Å². The van der Waals surface area contributed by atoms with Crippen LogP contribution in [0.25, 0.3) is 5.65 Å². The summed E-state index contributed by atoms with van der Waals surface area (Å²) >= 11 is 0. The molecule has 19 heavy (non-hydrogen) atoms. The zero-order valence-corrected chi connectivity index (χ0v) is 10.7. The van der Waals surface area contributed by atoms with Crippen molar-refractivity contribution in [2.45, 2.75) is 31.7 Å². The number of nitrogens with zero attached hydrogens (tertiary/aromatic N) is 4. The summed E-state index contributed by atoms with van der Waals surface area (Å²) < 4.78 is 1.41. The molecule has 102 valence electrons. The molecule has 0 atom stereocenters. The van der Waals surface area contributed by atoms with Gasteiger partial charge in [0.2, 0.25) is 0 Å². The van der Waals surface area contributed by atoms with Gasteiger partial charge in [0, 0.05) is 18.7 Å². The van der Waals surface area contributed by atoms with Crippen LogP contribution in [0.1, 0.15) is 25.7 Å². The summed E-state index contributed by atoms with van der Waals surface area (Å²) in [5, 5.41) is 6.40. The smallest absolute Gasteiger partial charge is 0.348 e. The van der Waals surface area contributed by atoms with E-state index in [1.54, 1.807) is 0 Å². The number of hydrogen-bond acceptors (Lipinski definition) is 5. The van der Waals surface area contributed by atoms with Crippen LogP contribution in [0.4, 0.5) is 5.82 Å². The van der Waals surface area contributed by atoms with Gasteiger partial charge < -0.3 is 10.6 Å². The van der Waals surface area contributed by atoms with E-state index in [1.165, 1.54) is 30.0 Å². The maximum Gasteiger partial charge on any atom is 0.348 e. The Morgan fingerprint density at radius 1 is 1.53 bits per heavy atom. The van der Waals surface area contributed by atoms with Crippen molar-refractivity contribution in [3.05, 3.63) is 22.9 Å². The average Bonchev–Trinajstić information content (AvgIpc) is 2.73. The molecule has 0 saturated heterocycles. The van der Waals surface area contributed by atoms with Gasteiger partial charge in [0.25, 0.3) is 0 Å². The quantitative estimate of drug-likeness (QED) is 0.798. The van der Waals surface area contributed by atoms with Crippen LogP contribution in [0.5, 0.6) is 0 Å². The number of hydrogen-bond donors (Lipinski definition) is 2. The van der Waals surface area contributed by atoms with Gasteiger partial charge in [-0.15, -0.1) is 0 Å². The van der Waals surface area contributed by atoms with Crippen molar-refractivity contribution in [1.29, 1.82) is 0 Å². The van der Waals surface area contributed by atoms with E-state index in [9.17, 15) is 4.79 Å². The molecule has 0 aliphatic heterocycles. The number of aromatic amines is 1. The van der Waals surface area contributed by atoms with E-state index >= 15 is 0 Å². The van der Waals surface area contributed by atoms with Crippen LogP contribution in [0.2, 0.25) is 0 Å². The summed E-state index contributed by atoms with van der Waals surface area (Å²) in [7, 11) is 0. The van der Waals surface area contributed by atoms with E-state index in [1.807, 2.05) is 6.07 Å². The minimum absolute atomic E-state index is 0.258. The van der Waals surface area contributed by atoms with Gasteiger partial charge in [-0.1, -0.05) is 0 Å². The molecule has 7 nitrogen and oxygen atoms in total. The fourth-order valence-corrected chi connectivity index (χ4v) is 2.40. The first-order chi connectivity index (χ1) is 9.29. The number of nitrogens with two attached hydrogens (primary N) is 1. The third kappa shape index (κ3) is 2.21. The summed E-state index contributed by atoms with van der Waals surface area (Å²) in [6.07, 6.45) is 6.14. The Balaban J connectivity index is 1.91. The highest BCUT2D eigenvalue weighted by Gasteiger charge is 2.25. The largest absolute Gasteiger partial charge is 0.353 e. The maximum atomic E-state index is 11.4. The Hall–Kier alpha value is -1.89. The summed E-state index contributed by atoms with van der Waals surface area (Å²) in [4.78, 5) is 18.1. The maximum absolute atomic E-state index is 11.4. The highest BCUT2D eigenvalue weighted by atomic mass is 16.1. The highest BCUT2D eigenvalue weighted by molar-refractivity contribution is 5.51. The lowest BCUT2D eigenvalue weighted by Gasteiger charge is -2.38. The first-order valence-electron chi connectivity index (χ1n) is 6.69. The van der Waals surface area contributed by atoms with Gasteiger partial charge in [-0.2, -0.15) is 5.10 Å². The highest BCUT2D eigenvalue weighted by Crippen LogP contribution is 2.28. The number of rotatable bonds is 5. The second kappa shape index (κ2) is 5.00. The van der Waals surface area contributed by atoms with E-state index in [0.717, 1.165) is 18.8 Å². The number of fused-ring (bicyclic) bond motifs is 1. The molecular formula is C12H18N6O. The van der Waals surface area contributed by atoms with Crippen LogP contribution < -0.4 is 16.3 Å². The molecule has 0 unspecified atom stereocenters. The first kappa shape index (κ1) is 12.2. The van der Waals surface area contributed by atoms with Crippen LogP contribution >= 0.6 is 0 Å². The Labute approximate surface area is 110 Å². The van der Waals surface area contributed by atoms with Gasteiger partial charge in [0.1, 0.15) is 12.1 Å². The molecule has 2 aromatic heterocycles. The number of nitrogens with one attached hydrogen (secondary N) is 1. The van der Waals surface area contributed by atoms with Crippen molar-refractivity contribution in [3.63, 3.8) is 0 Å². The van der Waals surface area contributed by atoms with Crippen LogP contribution in [0, 0.1) is 0 Å². The molecule has 1 saturated carbocycles. The number of anilines is 1. The Morgan fingerprint density at radius 3 is 3.05 bits per heavy atom. The van der Waals surface area contributed by atoms with Crippen molar-refractivity contribution in [2.24, 2.45) is 5.73 Å². The normalized spacial score (nSPS) is 15.6. The summed E-state index contributed by atoms with van der Waals surface area (Å²) in [6.45, 7) is 1.58. The second-order valence-corrected chi connectivity index (χ2v) is 4.92. The molecule has 0 radical (unpaired) electrons. The van der Waals surface area contributed by atoms with Gasteiger partial charge in [-0.05, 0) is 32.2 Å². The molecule has 1 aliphatic carbocycles. The molecule has 2 aromatic rings. The average molecular weight is 262 g/mol. The van der Waals surface area contributed by atoms with Crippen molar-refractivity contribution >= 4 is 11.5 Å². The van der Waals surface area contributed by atoms with Gasteiger partial charge in [-0.3, -0.25) is 0 Å². The molecule has 3 rings (SSSR count). The molecule has 0 aromatic carbocycles. The van der Waals surface area contributed by atoms with Crippen LogP contribution in [-0.4, -0.2) is 38.7 Å². The van der Waals surface area contributed by atoms with Crippen molar-refractivity contribution in [2.75, 3.05) is 18.0 Å². The van der Waals surface area contributed by atoms with Gasteiger partial charge in [0.15, 0.2) is 5.65 Å². The van der Waals surface area contributed by atoms with Crippen molar-refractivity contribution in [3.8, 4) is 0 Å². The van der Waals surface area contributed by atoms with E-state index in [4.69, 9.17) is 5.73 Å². The Bertz CT molecular complexity index is 614. The van der Waals surface area contributed by atoms with Crippen molar-refractivity contribution in [1.82, 2.24) is 19.6 Å². The molecule has 0 bridgehead atoms. The number of H-pyrrole nitrogens is 1. The zero-order valence-electron chi connectivity index (χ0n) is 10.7. The van der Waals surface area contributed by atoms with Gasteiger partial charge in [0.05, 0.1) is 0 Å². The summed E-state index contributed by atoms with van der Waals surface area (Å²) in [5.41, 5.74) is 5.94. The van der Waals surface area contributed by atoms with E-state index < -0.39 is 0 Å². The zero-order chi connectivity index (χ0) is 13.2. The topological polar surface area (TPSA) is 92.3 Å². The predicted molar refractivity (Wildman–Crippen MR) is 72.3 cm³/mol. The SMILES string of the molecule is NCCCN(c1cc2n[nH]c(=O)n2cn1)C1CCC1. The first-order valence-corrected chi connectivity index (χ1v) is 6.69. The minimum Gasteiger partial charge on any atom is -0.353 e. The Morgan fingerprint density at radius 2 is 2.37 bits per heavy atom. The lowest BCUT2D eigenvalue weighted by Crippen LogP contribution is -2.42. The fourth-order valence-electron chi connectivity index (χ4n) is 2.40. The van der Waals surface area contributed by atoms with Gasteiger partial charge >= 0.3 is 5.69 Å². The summed E-state index contributed by atoms with van der Waals surface area (Å²) in [5.74, 6) is 0.879. The summed E-state index contributed by atoms with van der Waals surface area (Å²) in [6, 6.07) is 2.40. The Kier molecular flexibility index (Phi) is 3.20. The molecule has 1 fully saturated rings. The van der Waals surface area contributed by atoms with Crippen molar-refractivity contribution < 1.29 is 0 Å².